The zero-order valence-electron chi connectivity index (χ0n) is 23.2. The summed E-state index contributed by atoms with van der Waals surface area (Å²) in [5.41, 5.74) is 7.89. The molecule has 2 amide bonds. The van der Waals surface area contributed by atoms with Gasteiger partial charge in [-0.1, -0.05) is 12.1 Å². The second-order valence-corrected chi connectivity index (χ2v) is 15.2. The first kappa shape index (κ1) is 28.0. The number of benzene rings is 2. The summed E-state index contributed by atoms with van der Waals surface area (Å²) < 4.78 is 8.46. The van der Waals surface area contributed by atoms with Crippen LogP contribution < -0.4 is 16.0 Å². The third-order valence-corrected chi connectivity index (χ3v) is 10.6. The van der Waals surface area contributed by atoms with E-state index in [1.54, 1.807) is 53.2 Å². The van der Waals surface area contributed by atoms with Crippen LogP contribution in [0.25, 0.3) is 0 Å². The van der Waals surface area contributed by atoms with Gasteiger partial charge in [-0.2, -0.15) is 0 Å². The number of anilines is 3. The Labute approximate surface area is 234 Å². The van der Waals surface area contributed by atoms with Gasteiger partial charge in [0.05, 0.1) is 17.5 Å². The highest BCUT2D eigenvalue weighted by Crippen LogP contribution is 2.59. The molecule has 2 aliphatic heterocycles. The van der Waals surface area contributed by atoms with E-state index in [0.29, 0.717) is 53.3 Å². The molecular weight excluding hydrogens is 528 g/mol. The molecule has 0 radical (unpaired) electrons. The molecule has 1 spiro atoms. The lowest BCUT2D eigenvalue weighted by molar-refractivity contribution is -0.145. The maximum Gasteiger partial charge on any atom is 0.264 e. The zero-order chi connectivity index (χ0) is 28.8. The van der Waals surface area contributed by atoms with Gasteiger partial charge in [-0.05, 0) is 62.0 Å². The number of aliphatic hydroxyl groups is 1. The molecule has 1 saturated heterocycles. The van der Waals surface area contributed by atoms with E-state index in [-0.39, 0.29) is 29.9 Å². The zero-order valence-corrected chi connectivity index (χ0v) is 24.2. The van der Waals surface area contributed by atoms with Crippen molar-refractivity contribution in [1.29, 1.82) is 0 Å². The van der Waals surface area contributed by atoms with Gasteiger partial charge < -0.3 is 30.6 Å². The van der Waals surface area contributed by atoms with Crippen LogP contribution in [0.1, 0.15) is 35.0 Å². The van der Waals surface area contributed by atoms with Crippen LogP contribution in [0.5, 0.6) is 0 Å². The predicted molar refractivity (Wildman–Crippen MR) is 153 cm³/mol. The van der Waals surface area contributed by atoms with E-state index >= 15 is 0 Å². The van der Waals surface area contributed by atoms with Crippen molar-refractivity contribution in [2.75, 3.05) is 29.6 Å². The molecule has 212 valence electrons. The van der Waals surface area contributed by atoms with Crippen molar-refractivity contribution in [3.05, 3.63) is 65.5 Å². The number of rotatable bonds is 8. The minimum atomic E-state index is -2.81. The Morgan fingerprint density at radius 3 is 2.62 bits per heavy atom. The lowest BCUT2D eigenvalue weighted by Gasteiger charge is -2.32. The van der Waals surface area contributed by atoms with Gasteiger partial charge in [0.15, 0.2) is 13.9 Å². The number of fused-ring (bicyclic) bond motifs is 2. The van der Waals surface area contributed by atoms with Gasteiger partial charge in [0.25, 0.3) is 11.8 Å². The summed E-state index contributed by atoms with van der Waals surface area (Å²) in [6.45, 7) is 6.22. The first-order chi connectivity index (χ1) is 19.0. The normalized spacial score (nSPS) is 24.1. The Balaban J connectivity index is 1.46. The van der Waals surface area contributed by atoms with Gasteiger partial charge in [0, 0.05) is 66.8 Å². The number of aromatic nitrogens is 3. The number of carbonyl (C=O) groups is 2. The first-order valence-electron chi connectivity index (χ1n) is 13.5. The largest absolute Gasteiger partial charge is 0.432 e. The highest BCUT2D eigenvalue weighted by atomic mass is 28.4. The minimum Gasteiger partial charge on any atom is -0.432 e. The SMILES string of the molecule is C[C@H]1[C@H]([Si](C)(C)O)[C@@H](CCn2cc(CCO)nn2)O[C@]12C(=O)N(C)c1ccc(NC(=O)c3ccc(N)cc3)cc12. The highest BCUT2D eigenvalue weighted by Gasteiger charge is 2.65. The molecule has 1 aromatic heterocycles. The van der Waals surface area contributed by atoms with E-state index in [1.165, 1.54) is 0 Å². The number of hydrogen-bond acceptors (Lipinski definition) is 8. The molecule has 0 aliphatic carbocycles. The molecule has 2 aromatic carbocycles. The third-order valence-electron chi connectivity index (χ3n) is 8.14. The highest BCUT2D eigenvalue weighted by molar-refractivity contribution is 6.71. The van der Waals surface area contributed by atoms with Crippen LogP contribution in [0.3, 0.4) is 0 Å². The molecule has 5 rings (SSSR count). The number of aliphatic hydroxyl groups excluding tert-OH is 1. The van der Waals surface area contributed by atoms with Crippen molar-refractivity contribution in [1.82, 2.24) is 15.0 Å². The van der Waals surface area contributed by atoms with Crippen LogP contribution in [0.4, 0.5) is 17.1 Å². The summed E-state index contributed by atoms with van der Waals surface area (Å²) >= 11 is 0. The summed E-state index contributed by atoms with van der Waals surface area (Å²) in [5, 5.41) is 20.3. The molecular formula is C28H36N6O5Si. The molecule has 1 fully saturated rings. The fourth-order valence-corrected chi connectivity index (χ4v) is 8.91. The molecule has 2 aliphatic rings. The number of hydrogen-bond donors (Lipinski definition) is 4. The fraction of sp³-hybridized carbons (Fsp3) is 0.429. The first-order valence-corrected chi connectivity index (χ1v) is 16.5. The fourth-order valence-electron chi connectivity index (χ4n) is 6.31. The predicted octanol–water partition coefficient (Wildman–Crippen LogP) is 2.51. The maximum atomic E-state index is 13.9. The van der Waals surface area contributed by atoms with Gasteiger partial charge in [-0.3, -0.25) is 14.3 Å². The van der Waals surface area contributed by atoms with Crippen LogP contribution in [-0.4, -0.2) is 64.8 Å². The topological polar surface area (TPSA) is 156 Å². The standard InChI is InChI=1S/C28H36N6O5Si/c1-17-25(40(3,4)38)24(11-13-34-16-21(12-14-35)31-32-34)39-28(17)22-15-20(9-10-23(22)33(2)27(28)37)30-26(36)18-5-7-19(29)8-6-18/h5-10,15-17,24-25,35,38H,11-14,29H2,1-4H3,(H,30,36)/t17-,24+,25-,28+/m0/s1. The summed E-state index contributed by atoms with van der Waals surface area (Å²) in [6, 6.07) is 12.0. The lowest BCUT2D eigenvalue weighted by Crippen LogP contribution is -2.45. The number of nitrogen functional groups attached to an aromatic ring is 1. The molecule has 11 nitrogen and oxygen atoms in total. The monoisotopic (exact) mass is 564 g/mol. The van der Waals surface area contributed by atoms with Crippen molar-refractivity contribution in [2.24, 2.45) is 5.92 Å². The minimum absolute atomic E-state index is 0.00565. The number of nitrogens with zero attached hydrogens (tertiary/aromatic N) is 4. The number of nitrogens with one attached hydrogen (secondary N) is 1. The van der Waals surface area contributed by atoms with Gasteiger partial charge in [0.1, 0.15) is 0 Å². The van der Waals surface area contributed by atoms with E-state index in [0.717, 1.165) is 0 Å². The van der Waals surface area contributed by atoms with E-state index in [9.17, 15) is 19.5 Å². The van der Waals surface area contributed by atoms with Gasteiger partial charge in [-0.15, -0.1) is 5.10 Å². The van der Waals surface area contributed by atoms with Gasteiger partial charge in [0.2, 0.25) is 0 Å². The number of carbonyl (C=O) groups excluding carboxylic acids is 2. The Bertz CT molecular complexity index is 1420. The second kappa shape index (κ2) is 10.4. The number of aryl methyl sites for hydroxylation is 1. The van der Waals surface area contributed by atoms with Gasteiger partial charge in [-0.25, -0.2) is 0 Å². The van der Waals surface area contributed by atoms with Crippen molar-refractivity contribution in [3.8, 4) is 0 Å². The quantitative estimate of drug-likeness (QED) is 0.240. The van der Waals surface area contributed by atoms with E-state index in [2.05, 4.69) is 15.6 Å². The number of nitrogens with two attached hydrogens (primary N) is 1. The Hall–Kier alpha value is -3.58. The summed E-state index contributed by atoms with van der Waals surface area (Å²) in [7, 11) is -1.08. The third kappa shape index (κ3) is 4.81. The molecule has 0 unspecified atom stereocenters. The second-order valence-electron chi connectivity index (χ2n) is 11.3. The van der Waals surface area contributed by atoms with Crippen molar-refractivity contribution in [2.45, 2.75) is 56.7 Å². The molecule has 40 heavy (non-hydrogen) atoms. The lowest BCUT2D eigenvalue weighted by atomic mass is 9.82. The van der Waals surface area contributed by atoms with Gasteiger partial charge >= 0.3 is 0 Å². The van der Waals surface area contributed by atoms with E-state index < -0.39 is 20.0 Å². The maximum absolute atomic E-state index is 13.9. The average Bonchev–Trinajstić information content (AvgIpc) is 3.54. The smallest absolute Gasteiger partial charge is 0.264 e. The molecule has 4 atom stereocenters. The number of amides is 2. The van der Waals surface area contributed by atoms with E-state index in [4.69, 9.17) is 10.5 Å². The van der Waals surface area contributed by atoms with Crippen LogP contribution in [0.2, 0.25) is 18.6 Å². The molecule has 12 heteroatoms. The Kier molecular flexibility index (Phi) is 7.29. The van der Waals surface area contributed by atoms with Crippen LogP contribution in [-0.2, 0) is 28.1 Å². The molecule has 0 bridgehead atoms. The summed E-state index contributed by atoms with van der Waals surface area (Å²) in [6.07, 6.45) is 2.34. The Morgan fingerprint density at radius 2 is 1.95 bits per heavy atom. The van der Waals surface area contributed by atoms with E-state index in [1.807, 2.05) is 32.2 Å². The molecule has 5 N–H and O–H groups in total. The van der Waals surface area contributed by atoms with Crippen molar-refractivity contribution >= 4 is 37.2 Å². The van der Waals surface area contributed by atoms with Crippen LogP contribution in [0.15, 0.2) is 48.7 Å². The van der Waals surface area contributed by atoms with Crippen LogP contribution in [0, 0.1) is 5.92 Å². The molecule has 3 aromatic rings. The molecule has 0 saturated carbocycles. The average molecular weight is 565 g/mol. The molecule has 3 heterocycles. The number of likely N-dealkylation sites (N-methyl/N-ethyl adjacent to an activating group) is 1. The summed E-state index contributed by atoms with van der Waals surface area (Å²) in [5.74, 6) is -0.794. The Morgan fingerprint density at radius 1 is 1.23 bits per heavy atom. The van der Waals surface area contributed by atoms with Crippen LogP contribution >= 0.6 is 0 Å². The van der Waals surface area contributed by atoms with Crippen molar-refractivity contribution < 1.29 is 24.2 Å². The van der Waals surface area contributed by atoms with Crippen molar-refractivity contribution in [3.63, 3.8) is 0 Å². The summed E-state index contributed by atoms with van der Waals surface area (Å²) in [4.78, 5) is 39.8. The number of ether oxygens (including phenoxy) is 1.